The molecule has 0 aliphatic heterocycles. The van der Waals surface area contributed by atoms with Gasteiger partial charge >= 0.3 is 43.7 Å². The summed E-state index contributed by atoms with van der Waals surface area (Å²) < 4.78 is 0. The summed E-state index contributed by atoms with van der Waals surface area (Å²) >= 11 is 0. The molecule has 2 N–H and O–H groups in total. The summed E-state index contributed by atoms with van der Waals surface area (Å²) in [6.45, 7) is 9.62. The molecule has 0 saturated heterocycles. The van der Waals surface area contributed by atoms with E-state index in [0.29, 0.717) is 6.61 Å². The summed E-state index contributed by atoms with van der Waals surface area (Å²) in [5.74, 6) is -0.745. The predicted octanol–water partition coefficient (Wildman–Crippen LogP) is 3.08. The maximum Gasteiger partial charge on any atom is 2.00 e. The zero-order chi connectivity index (χ0) is 12.5. The first-order valence-electron chi connectivity index (χ1n) is 5.54. The standard InChI is InChI=1S/C5H12O.C4H8.C3H6O2.Ca.2H/c1-2-3-4-5-6;1-3-4-2;1-2-3(4)5;;;/h6H,2-5H2,1H3;3H,1,4H2,2H3;2H2,1H3,(H,4,5);;;/q;;;+2;2*-1. The van der Waals surface area contributed by atoms with Crippen LogP contribution in [0.2, 0.25) is 0 Å². The molecule has 0 heterocycles. The van der Waals surface area contributed by atoms with E-state index in [2.05, 4.69) is 20.4 Å². The van der Waals surface area contributed by atoms with Crippen molar-refractivity contribution in [3.05, 3.63) is 12.7 Å². The van der Waals surface area contributed by atoms with Crippen LogP contribution in [0.25, 0.3) is 0 Å². The molecule has 16 heavy (non-hydrogen) atoms. The maximum atomic E-state index is 9.37. The Morgan fingerprint density at radius 3 is 1.75 bits per heavy atom. The fourth-order valence-corrected chi connectivity index (χ4v) is 0.362. The monoisotopic (exact) mass is 260 g/mol. The van der Waals surface area contributed by atoms with Crippen LogP contribution in [0.4, 0.5) is 0 Å². The Morgan fingerprint density at radius 2 is 1.69 bits per heavy atom. The topological polar surface area (TPSA) is 57.5 Å². The molecule has 0 saturated carbocycles. The van der Waals surface area contributed by atoms with E-state index < -0.39 is 5.97 Å². The predicted molar refractivity (Wildman–Crippen MR) is 73.0 cm³/mol. The largest absolute Gasteiger partial charge is 2.00 e. The van der Waals surface area contributed by atoms with Gasteiger partial charge in [0, 0.05) is 13.0 Å². The van der Waals surface area contributed by atoms with Gasteiger partial charge in [-0.3, -0.25) is 4.79 Å². The number of aliphatic carboxylic acids is 1. The van der Waals surface area contributed by atoms with E-state index in [4.69, 9.17) is 10.2 Å². The van der Waals surface area contributed by atoms with Gasteiger partial charge in [0.05, 0.1) is 0 Å². The van der Waals surface area contributed by atoms with Crippen molar-refractivity contribution in [2.45, 2.75) is 52.9 Å². The van der Waals surface area contributed by atoms with E-state index in [1.165, 1.54) is 6.42 Å². The van der Waals surface area contributed by atoms with Gasteiger partial charge in [0.2, 0.25) is 0 Å². The minimum Gasteiger partial charge on any atom is -1.00 e. The van der Waals surface area contributed by atoms with Crippen LogP contribution in [-0.2, 0) is 4.79 Å². The summed E-state index contributed by atoms with van der Waals surface area (Å²) in [5, 5.41) is 15.9. The number of aliphatic hydroxyl groups is 1. The molecule has 0 aromatic carbocycles. The normalized spacial score (nSPS) is 7.25. The van der Waals surface area contributed by atoms with Gasteiger partial charge in [-0.1, -0.05) is 39.7 Å². The zero-order valence-corrected chi connectivity index (χ0v) is 13.2. The number of carboxylic acid groups (broad SMARTS) is 1. The molecule has 96 valence electrons. The molecule has 3 nitrogen and oxygen atoms in total. The van der Waals surface area contributed by atoms with Crippen molar-refractivity contribution in [3.8, 4) is 0 Å². The second kappa shape index (κ2) is 29.5. The quantitative estimate of drug-likeness (QED) is 0.454. The summed E-state index contributed by atoms with van der Waals surface area (Å²) in [4.78, 5) is 9.37. The summed E-state index contributed by atoms with van der Waals surface area (Å²) in [6, 6.07) is 0. The Labute approximate surface area is 133 Å². The Bertz CT molecular complexity index is 132. The first-order chi connectivity index (χ1) is 7.10. The molecule has 0 aromatic rings. The Morgan fingerprint density at radius 1 is 1.31 bits per heavy atom. The summed E-state index contributed by atoms with van der Waals surface area (Å²) in [5.41, 5.74) is 0. The minimum atomic E-state index is -0.745. The molecule has 0 radical (unpaired) electrons. The molecule has 0 aliphatic carbocycles. The van der Waals surface area contributed by atoms with Crippen LogP contribution in [0, 0.1) is 0 Å². The molecular formula is C12H28CaO3. The molecule has 0 aliphatic rings. The number of rotatable bonds is 5. The Kier molecular flexibility index (Phi) is 46.7. The number of carboxylic acids is 1. The van der Waals surface area contributed by atoms with Crippen molar-refractivity contribution in [2.75, 3.05) is 6.61 Å². The van der Waals surface area contributed by atoms with Gasteiger partial charge in [0.25, 0.3) is 0 Å². The zero-order valence-electron chi connectivity index (χ0n) is 13.0. The van der Waals surface area contributed by atoms with E-state index in [1.54, 1.807) is 6.92 Å². The molecule has 0 aromatic heterocycles. The molecular weight excluding hydrogens is 232 g/mol. The maximum absolute atomic E-state index is 9.37. The third kappa shape index (κ3) is 63.0. The van der Waals surface area contributed by atoms with Crippen molar-refractivity contribution < 1.29 is 17.9 Å². The molecule has 0 atom stereocenters. The first-order valence-corrected chi connectivity index (χ1v) is 5.54. The minimum absolute atomic E-state index is 0. The van der Waals surface area contributed by atoms with Crippen molar-refractivity contribution >= 4 is 43.7 Å². The molecule has 0 unspecified atom stereocenters. The Hall–Kier alpha value is 0.430. The van der Waals surface area contributed by atoms with E-state index in [0.717, 1.165) is 19.3 Å². The van der Waals surface area contributed by atoms with Crippen LogP contribution in [0.1, 0.15) is 55.7 Å². The smallest absolute Gasteiger partial charge is 1.00 e. The number of carbonyl (C=O) groups is 1. The van der Waals surface area contributed by atoms with Gasteiger partial charge in [0.1, 0.15) is 0 Å². The fraction of sp³-hybridized carbons (Fsp3) is 0.750. The first kappa shape index (κ1) is 25.3. The van der Waals surface area contributed by atoms with Crippen molar-refractivity contribution in [1.29, 1.82) is 0 Å². The summed E-state index contributed by atoms with van der Waals surface area (Å²) in [7, 11) is 0. The number of hydrogen-bond donors (Lipinski definition) is 2. The average Bonchev–Trinajstić information content (AvgIpc) is 2.27. The van der Waals surface area contributed by atoms with Crippen LogP contribution in [0.15, 0.2) is 12.7 Å². The second-order valence-electron chi connectivity index (χ2n) is 2.87. The molecule has 4 heteroatoms. The van der Waals surface area contributed by atoms with Crippen LogP contribution < -0.4 is 0 Å². The third-order valence-corrected chi connectivity index (χ3v) is 1.35. The SMILES string of the molecule is C=CCC.CCC(=O)O.CCCCCO.[Ca+2].[H-].[H-]. The molecule has 0 spiro atoms. The second-order valence-corrected chi connectivity index (χ2v) is 2.87. The van der Waals surface area contributed by atoms with Crippen LogP contribution in [0.3, 0.4) is 0 Å². The van der Waals surface area contributed by atoms with Gasteiger partial charge in [-0.15, -0.1) is 6.58 Å². The molecule has 0 fully saturated rings. The number of aliphatic hydroxyl groups excluding tert-OH is 1. The van der Waals surface area contributed by atoms with Crippen LogP contribution in [-0.4, -0.2) is 60.5 Å². The van der Waals surface area contributed by atoms with Gasteiger partial charge in [-0.25, -0.2) is 0 Å². The van der Waals surface area contributed by atoms with E-state index in [9.17, 15) is 4.79 Å². The van der Waals surface area contributed by atoms with E-state index in [-0.39, 0.29) is 47.0 Å². The third-order valence-electron chi connectivity index (χ3n) is 1.35. The van der Waals surface area contributed by atoms with Gasteiger partial charge in [-0.2, -0.15) is 0 Å². The fourth-order valence-electron chi connectivity index (χ4n) is 0.362. The van der Waals surface area contributed by atoms with Crippen molar-refractivity contribution in [2.24, 2.45) is 0 Å². The number of unbranched alkanes of at least 4 members (excludes halogenated alkanes) is 2. The summed E-state index contributed by atoms with van der Waals surface area (Å²) in [6.07, 6.45) is 6.51. The van der Waals surface area contributed by atoms with Gasteiger partial charge in [-0.05, 0) is 12.8 Å². The molecule has 0 bridgehead atoms. The van der Waals surface area contributed by atoms with Crippen LogP contribution in [0.5, 0.6) is 0 Å². The molecule has 0 amide bonds. The van der Waals surface area contributed by atoms with Crippen molar-refractivity contribution in [3.63, 3.8) is 0 Å². The Balaban J connectivity index is -0.0000000282. The number of allylic oxidation sites excluding steroid dienone is 1. The van der Waals surface area contributed by atoms with Crippen molar-refractivity contribution in [1.82, 2.24) is 0 Å². The van der Waals surface area contributed by atoms with Gasteiger partial charge < -0.3 is 13.1 Å². The van der Waals surface area contributed by atoms with E-state index >= 15 is 0 Å². The van der Waals surface area contributed by atoms with E-state index in [1.807, 2.05) is 6.08 Å². The van der Waals surface area contributed by atoms with Crippen LogP contribution >= 0.6 is 0 Å². The number of hydrogen-bond acceptors (Lipinski definition) is 2. The average molecular weight is 260 g/mol. The molecule has 0 rings (SSSR count). The van der Waals surface area contributed by atoms with Gasteiger partial charge in [0.15, 0.2) is 0 Å².